The molecule has 0 saturated heterocycles. The minimum atomic E-state index is -2.16. The van der Waals surface area contributed by atoms with Crippen molar-refractivity contribution in [2.75, 3.05) is 0 Å². The molecule has 0 fully saturated rings. The summed E-state index contributed by atoms with van der Waals surface area (Å²) in [7, 11) is 0. The first-order chi connectivity index (χ1) is 8.91. The third kappa shape index (κ3) is 3.43. The van der Waals surface area contributed by atoms with E-state index in [1.165, 1.54) is 0 Å². The lowest BCUT2D eigenvalue weighted by Gasteiger charge is -2.15. The summed E-state index contributed by atoms with van der Waals surface area (Å²) in [5.74, 6) is -9.72. The summed E-state index contributed by atoms with van der Waals surface area (Å²) in [6, 6.07) is -1.19. The topological polar surface area (TPSA) is 26.0 Å². The number of hydrogen-bond donors (Lipinski definition) is 1. The van der Waals surface area contributed by atoms with Crippen LogP contribution in [0.4, 0.5) is 22.0 Å². The Morgan fingerprint density at radius 3 is 1.74 bits per heavy atom. The van der Waals surface area contributed by atoms with Crippen molar-refractivity contribution in [2.24, 2.45) is 5.73 Å². The van der Waals surface area contributed by atoms with Crippen molar-refractivity contribution in [3.05, 3.63) is 34.6 Å². The maximum Gasteiger partial charge on any atom is 0.200 e. The van der Waals surface area contributed by atoms with Gasteiger partial charge in [-0.05, 0) is 6.42 Å². The first kappa shape index (κ1) is 15.9. The van der Waals surface area contributed by atoms with Crippen LogP contribution in [0.2, 0.25) is 0 Å². The Bertz CT molecular complexity index is 418. The molecule has 0 aliphatic heterocycles. The fourth-order valence-corrected chi connectivity index (χ4v) is 1.88. The van der Waals surface area contributed by atoms with Crippen LogP contribution in [0.1, 0.15) is 50.6 Å². The van der Waals surface area contributed by atoms with Gasteiger partial charge in [-0.15, -0.1) is 0 Å². The van der Waals surface area contributed by atoms with Gasteiger partial charge in [-0.3, -0.25) is 0 Å². The van der Waals surface area contributed by atoms with E-state index in [0.29, 0.717) is 6.42 Å². The van der Waals surface area contributed by atoms with E-state index in [9.17, 15) is 22.0 Å². The highest BCUT2D eigenvalue weighted by Gasteiger charge is 2.28. The summed E-state index contributed by atoms with van der Waals surface area (Å²) in [6.45, 7) is 1.99. The van der Waals surface area contributed by atoms with E-state index in [4.69, 9.17) is 5.73 Å². The molecule has 0 spiro atoms. The van der Waals surface area contributed by atoms with E-state index in [0.717, 1.165) is 19.3 Å². The molecule has 0 radical (unpaired) electrons. The van der Waals surface area contributed by atoms with Gasteiger partial charge in [0.25, 0.3) is 0 Å². The second-order valence-corrected chi connectivity index (χ2v) is 4.44. The minimum Gasteiger partial charge on any atom is -0.324 e. The van der Waals surface area contributed by atoms with Crippen molar-refractivity contribution < 1.29 is 22.0 Å². The first-order valence-electron chi connectivity index (χ1n) is 6.18. The zero-order valence-electron chi connectivity index (χ0n) is 10.6. The smallest absolute Gasteiger partial charge is 0.200 e. The predicted molar refractivity (Wildman–Crippen MR) is 61.9 cm³/mol. The molecule has 0 aliphatic carbocycles. The van der Waals surface area contributed by atoms with Crippen LogP contribution in [0, 0.1) is 29.1 Å². The highest BCUT2D eigenvalue weighted by Crippen LogP contribution is 2.29. The monoisotopic (exact) mass is 281 g/mol. The zero-order chi connectivity index (χ0) is 14.6. The van der Waals surface area contributed by atoms with Crippen LogP contribution in [0.25, 0.3) is 0 Å². The van der Waals surface area contributed by atoms with Gasteiger partial charge in [0.1, 0.15) is 0 Å². The fraction of sp³-hybridized carbons (Fsp3) is 0.538. The van der Waals surface area contributed by atoms with Gasteiger partial charge in [-0.2, -0.15) is 0 Å². The molecular formula is C13H16F5N. The van der Waals surface area contributed by atoms with Crippen molar-refractivity contribution in [3.8, 4) is 0 Å². The molecule has 0 amide bonds. The lowest BCUT2D eigenvalue weighted by Crippen LogP contribution is -2.18. The molecule has 0 aliphatic rings. The Morgan fingerprint density at radius 1 is 0.789 bits per heavy atom. The Hall–Kier alpha value is -1.17. The van der Waals surface area contributed by atoms with Crippen LogP contribution in [0.5, 0.6) is 0 Å². The zero-order valence-corrected chi connectivity index (χ0v) is 10.6. The average Bonchev–Trinajstić information content (AvgIpc) is 2.39. The van der Waals surface area contributed by atoms with Crippen LogP contribution >= 0.6 is 0 Å². The summed E-state index contributed by atoms with van der Waals surface area (Å²) in [5, 5.41) is 0. The van der Waals surface area contributed by atoms with E-state index in [1.807, 2.05) is 6.92 Å². The van der Waals surface area contributed by atoms with Crippen LogP contribution in [0.15, 0.2) is 0 Å². The lowest BCUT2D eigenvalue weighted by atomic mass is 9.99. The molecule has 0 heterocycles. The van der Waals surface area contributed by atoms with Gasteiger partial charge in [-0.1, -0.05) is 32.6 Å². The fourth-order valence-electron chi connectivity index (χ4n) is 1.88. The molecule has 0 aromatic heterocycles. The van der Waals surface area contributed by atoms with Crippen LogP contribution in [0.3, 0.4) is 0 Å². The number of benzene rings is 1. The molecule has 1 unspecified atom stereocenters. The van der Waals surface area contributed by atoms with Gasteiger partial charge in [0, 0.05) is 11.6 Å². The largest absolute Gasteiger partial charge is 0.324 e. The number of unbranched alkanes of at least 4 members (excludes halogenated alkanes) is 3. The SMILES string of the molecule is CCCCCCC(N)c1c(F)c(F)c(F)c(F)c1F. The normalized spacial score (nSPS) is 12.8. The number of hydrogen-bond acceptors (Lipinski definition) is 1. The second-order valence-electron chi connectivity index (χ2n) is 4.44. The molecule has 1 aromatic carbocycles. The molecule has 1 nitrogen and oxygen atoms in total. The van der Waals surface area contributed by atoms with Crippen molar-refractivity contribution in [3.63, 3.8) is 0 Å². The maximum atomic E-state index is 13.4. The minimum absolute atomic E-state index is 0.179. The third-order valence-electron chi connectivity index (χ3n) is 2.98. The van der Waals surface area contributed by atoms with Gasteiger partial charge < -0.3 is 5.73 Å². The van der Waals surface area contributed by atoms with E-state index in [-0.39, 0.29) is 6.42 Å². The molecule has 19 heavy (non-hydrogen) atoms. The Labute approximate surface area is 108 Å². The van der Waals surface area contributed by atoms with Gasteiger partial charge >= 0.3 is 0 Å². The van der Waals surface area contributed by atoms with Crippen LogP contribution in [-0.2, 0) is 0 Å². The van der Waals surface area contributed by atoms with Gasteiger partial charge in [-0.25, -0.2) is 22.0 Å². The lowest BCUT2D eigenvalue weighted by molar-refractivity contribution is 0.361. The van der Waals surface area contributed by atoms with Gasteiger partial charge in [0.2, 0.25) is 5.82 Å². The Balaban J connectivity index is 2.94. The van der Waals surface area contributed by atoms with Crippen LogP contribution in [-0.4, -0.2) is 0 Å². The third-order valence-corrected chi connectivity index (χ3v) is 2.98. The maximum absolute atomic E-state index is 13.4. The Kier molecular flexibility index (Phi) is 5.72. The Morgan fingerprint density at radius 2 is 1.26 bits per heavy atom. The van der Waals surface area contributed by atoms with Gasteiger partial charge in [0.15, 0.2) is 23.3 Å². The van der Waals surface area contributed by atoms with E-state index < -0.39 is 40.7 Å². The molecule has 6 heteroatoms. The molecule has 0 saturated carbocycles. The van der Waals surface area contributed by atoms with Crippen molar-refractivity contribution in [2.45, 2.75) is 45.1 Å². The molecule has 0 bridgehead atoms. The molecule has 1 rings (SSSR count). The predicted octanol–water partition coefficient (Wildman–Crippen LogP) is 4.35. The number of nitrogens with two attached hydrogens (primary N) is 1. The van der Waals surface area contributed by atoms with Crippen LogP contribution < -0.4 is 5.73 Å². The number of halogens is 5. The summed E-state index contributed by atoms with van der Waals surface area (Å²) in [4.78, 5) is 0. The highest BCUT2D eigenvalue weighted by molar-refractivity contribution is 5.26. The van der Waals surface area contributed by atoms with E-state index in [1.54, 1.807) is 0 Å². The quantitative estimate of drug-likeness (QED) is 0.357. The number of rotatable bonds is 6. The molecular weight excluding hydrogens is 265 g/mol. The van der Waals surface area contributed by atoms with Gasteiger partial charge in [0.05, 0.1) is 0 Å². The highest BCUT2D eigenvalue weighted by atomic mass is 19.2. The van der Waals surface area contributed by atoms with E-state index in [2.05, 4.69) is 0 Å². The summed E-state index contributed by atoms with van der Waals surface area (Å²) in [6.07, 6.45) is 3.47. The van der Waals surface area contributed by atoms with Crippen molar-refractivity contribution in [1.82, 2.24) is 0 Å². The molecule has 108 valence electrons. The summed E-state index contributed by atoms with van der Waals surface area (Å²) < 4.78 is 65.7. The molecule has 1 atom stereocenters. The van der Waals surface area contributed by atoms with Crippen molar-refractivity contribution >= 4 is 0 Å². The summed E-state index contributed by atoms with van der Waals surface area (Å²) >= 11 is 0. The average molecular weight is 281 g/mol. The summed E-state index contributed by atoms with van der Waals surface area (Å²) in [5.41, 5.74) is 4.61. The van der Waals surface area contributed by atoms with Crippen molar-refractivity contribution in [1.29, 1.82) is 0 Å². The standard InChI is InChI=1S/C13H16F5N/c1-2-3-4-5-6-7(19)8-9(14)11(16)13(18)12(17)10(8)15/h7H,2-6,19H2,1H3. The first-order valence-corrected chi connectivity index (χ1v) is 6.18. The second kappa shape index (κ2) is 6.84. The molecule has 1 aromatic rings. The molecule has 2 N–H and O–H groups in total. The van der Waals surface area contributed by atoms with E-state index >= 15 is 0 Å².